The Morgan fingerprint density at radius 3 is 2.44 bits per heavy atom. The van der Waals surface area contributed by atoms with Crippen LogP contribution in [0.5, 0.6) is 0 Å². The number of halogens is 1. The number of carbonyl (C=O) groups is 1. The van der Waals surface area contributed by atoms with Gasteiger partial charge >= 0.3 is 0 Å². The molecule has 0 spiro atoms. The monoisotopic (exact) mass is 242 g/mol. The van der Waals surface area contributed by atoms with Gasteiger partial charge in [0.15, 0.2) is 5.78 Å². The molecule has 0 fully saturated rings. The lowest BCUT2D eigenvalue weighted by atomic mass is 10.1. The van der Waals surface area contributed by atoms with E-state index in [1.807, 2.05) is 13.8 Å². The summed E-state index contributed by atoms with van der Waals surface area (Å²) < 4.78 is 24.3. The van der Waals surface area contributed by atoms with Gasteiger partial charge in [-0.15, -0.1) is 0 Å². The van der Waals surface area contributed by atoms with Gasteiger partial charge in [-0.25, -0.2) is 4.39 Å². The van der Waals surface area contributed by atoms with Gasteiger partial charge in [0.1, 0.15) is 5.82 Å². The molecule has 1 rings (SSSR count). The van der Waals surface area contributed by atoms with Crippen molar-refractivity contribution in [3.63, 3.8) is 0 Å². The summed E-state index contributed by atoms with van der Waals surface area (Å²) in [5.74, 6) is -0.557. The van der Waals surface area contributed by atoms with Crippen molar-refractivity contribution in [3.05, 3.63) is 35.6 Å². The average molecular weight is 242 g/mol. The number of rotatable bonds is 5. The van der Waals surface area contributed by atoms with Crippen LogP contribution in [-0.2, 0) is 10.8 Å². The molecule has 16 heavy (non-hydrogen) atoms. The number of benzene rings is 1. The summed E-state index contributed by atoms with van der Waals surface area (Å²) in [4.78, 5) is 11.7. The van der Waals surface area contributed by atoms with E-state index in [0.29, 0.717) is 5.56 Å². The number of hydrogen-bond donors (Lipinski definition) is 0. The molecule has 2 atom stereocenters. The highest BCUT2D eigenvalue weighted by Gasteiger charge is 2.14. The lowest BCUT2D eigenvalue weighted by Gasteiger charge is -2.07. The molecule has 0 amide bonds. The predicted octanol–water partition coefficient (Wildman–Crippen LogP) is 2.56. The maximum Gasteiger partial charge on any atom is 0.175 e. The largest absolute Gasteiger partial charge is 0.293 e. The third-order valence-corrected chi connectivity index (χ3v) is 4.24. The molecule has 0 aliphatic rings. The van der Waals surface area contributed by atoms with Crippen LogP contribution in [0.15, 0.2) is 24.3 Å². The molecule has 0 radical (unpaired) electrons. The third kappa shape index (κ3) is 3.52. The van der Waals surface area contributed by atoms with Crippen molar-refractivity contribution in [2.45, 2.75) is 25.5 Å². The normalized spacial score (nSPS) is 14.4. The van der Waals surface area contributed by atoms with Crippen LogP contribution in [0.2, 0.25) is 0 Å². The van der Waals surface area contributed by atoms with E-state index in [9.17, 15) is 13.4 Å². The lowest BCUT2D eigenvalue weighted by molar-refractivity contribution is 0.102. The van der Waals surface area contributed by atoms with E-state index >= 15 is 0 Å². The van der Waals surface area contributed by atoms with Crippen LogP contribution in [0.3, 0.4) is 0 Å². The second kappa shape index (κ2) is 5.89. The molecule has 0 saturated heterocycles. The Morgan fingerprint density at radius 2 is 1.94 bits per heavy atom. The van der Waals surface area contributed by atoms with Gasteiger partial charge in [-0.1, -0.05) is 13.8 Å². The van der Waals surface area contributed by atoms with E-state index < -0.39 is 10.8 Å². The minimum atomic E-state index is -1.14. The fourth-order valence-corrected chi connectivity index (χ4v) is 2.26. The van der Waals surface area contributed by atoms with Crippen LogP contribution in [0.4, 0.5) is 4.39 Å². The molecule has 4 heteroatoms. The van der Waals surface area contributed by atoms with Gasteiger partial charge in [0, 0.05) is 21.6 Å². The van der Waals surface area contributed by atoms with Crippen LogP contribution < -0.4 is 0 Å². The average Bonchev–Trinajstić information content (AvgIpc) is 2.28. The van der Waals surface area contributed by atoms with Gasteiger partial charge in [-0.3, -0.25) is 9.00 Å². The topological polar surface area (TPSA) is 34.1 Å². The van der Waals surface area contributed by atoms with Gasteiger partial charge in [-0.2, -0.15) is 0 Å². The fraction of sp³-hybridized carbons (Fsp3) is 0.417. The van der Waals surface area contributed by atoms with Crippen molar-refractivity contribution < 1.29 is 13.4 Å². The first-order valence-corrected chi connectivity index (χ1v) is 6.58. The van der Waals surface area contributed by atoms with Crippen molar-refractivity contribution in [2.75, 3.05) is 5.75 Å². The first-order chi connectivity index (χ1) is 7.54. The molecule has 0 heterocycles. The molecule has 0 N–H and O–H groups in total. The highest BCUT2D eigenvalue weighted by Crippen LogP contribution is 2.07. The van der Waals surface area contributed by atoms with Crippen LogP contribution >= 0.6 is 0 Å². The van der Waals surface area contributed by atoms with Crippen LogP contribution in [-0.4, -0.2) is 21.0 Å². The summed E-state index contributed by atoms with van der Waals surface area (Å²) in [5, 5.41) is 0.0180. The molecule has 1 aromatic rings. The molecule has 0 aliphatic carbocycles. The molecule has 0 aliphatic heterocycles. The van der Waals surface area contributed by atoms with Gasteiger partial charge in [-0.05, 0) is 30.7 Å². The Kier molecular flexibility index (Phi) is 4.80. The molecule has 1 aromatic carbocycles. The smallest absolute Gasteiger partial charge is 0.175 e. The second-order valence-corrected chi connectivity index (χ2v) is 5.53. The Bertz CT molecular complexity index is 387. The highest BCUT2D eigenvalue weighted by atomic mass is 32.2. The Balaban J connectivity index is 2.66. The zero-order valence-corrected chi connectivity index (χ0v) is 10.2. The third-order valence-electron chi connectivity index (χ3n) is 2.46. The maximum absolute atomic E-state index is 12.6. The van der Waals surface area contributed by atoms with Crippen molar-refractivity contribution in [1.82, 2.24) is 0 Å². The summed E-state index contributed by atoms with van der Waals surface area (Å²) in [5.41, 5.74) is 0.415. The standard InChI is InChI=1S/C12H15FO2S/c1-3-9(2)16(15)8-12(14)10-4-6-11(13)7-5-10/h4-7,9H,3,8H2,1-2H3. The molecule has 88 valence electrons. The van der Waals surface area contributed by atoms with Crippen molar-refractivity contribution in [3.8, 4) is 0 Å². The molecular formula is C12H15FO2S. The maximum atomic E-state index is 12.6. The zero-order valence-electron chi connectivity index (χ0n) is 9.40. The van der Waals surface area contributed by atoms with E-state index in [1.54, 1.807) is 0 Å². The quantitative estimate of drug-likeness (QED) is 0.744. The minimum Gasteiger partial charge on any atom is -0.293 e. The van der Waals surface area contributed by atoms with E-state index in [2.05, 4.69) is 0 Å². The first-order valence-electron chi connectivity index (χ1n) is 5.20. The SMILES string of the molecule is CCC(C)S(=O)CC(=O)c1ccc(F)cc1. The van der Waals surface area contributed by atoms with E-state index in [1.165, 1.54) is 24.3 Å². The van der Waals surface area contributed by atoms with E-state index in [-0.39, 0.29) is 22.6 Å². The molecule has 0 saturated carbocycles. The summed E-state index contributed by atoms with van der Waals surface area (Å²) in [6, 6.07) is 5.32. The molecule has 0 bridgehead atoms. The van der Waals surface area contributed by atoms with Crippen molar-refractivity contribution in [1.29, 1.82) is 0 Å². The van der Waals surface area contributed by atoms with Crippen LogP contribution in [0.25, 0.3) is 0 Å². The van der Waals surface area contributed by atoms with Crippen molar-refractivity contribution in [2.24, 2.45) is 0 Å². The molecule has 2 unspecified atom stereocenters. The Labute approximate surface area is 97.3 Å². The summed E-state index contributed by atoms with van der Waals surface area (Å²) in [6.45, 7) is 3.79. The van der Waals surface area contributed by atoms with Crippen LogP contribution in [0, 0.1) is 5.82 Å². The summed E-state index contributed by atoms with van der Waals surface area (Å²) >= 11 is 0. The molecule has 0 aromatic heterocycles. The fourth-order valence-electron chi connectivity index (χ4n) is 1.18. The number of Topliss-reactive ketones (excluding diaryl/α,β-unsaturated/α-hetero) is 1. The predicted molar refractivity (Wildman–Crippen MR) is 63.5 cm³/mol. The van der Waals surface area contributed by atoms with Gasteiger partial charge in [0.25, 0.3) is 0 Å². The first kappa shape index (κ1) is 13.0. The summed E-state index contributed by atoms with van der Waals surface area (Å²) in [6.07, 6.45) is 0.781. The van der Waals surface area contributed by atoms with Gasteiger partial charge in [0.05, 0.1) is 5.75 Å². The minimum absolute atomic E-state index is 0.0145. The molecule has 2 nitrogen and oxygen atoms in total. The Morgan fingerprint density at radius 1 is 1.38 bits per heavy atom. The van der Waals surface area contributed by atoms with Gasteiger partial charge < -0.3 is 0 Å². The lowest BCUT2D eigenvalue weighted by Crippen LogP contribution is -2.19. The molecular weight excluding hydrogens is 227 g/mol. The number of carbonyl (C=O) groups excluding carboxylic acids is 1. The van der Waals surface area contributed by atoms with Crippen LogP contribution in [0.1, 0.15) is 30.6 Å². The number of hydrogen-bond acceptors (Lipinski definition) is 2. The second-order valence-electron chi connectivity index (χ2n) is 3.67. The highest BCUT2D eigenvalue weighted by molar-refractivity contribution is 7.86. The number of ketones is 1. The Hall–Kier alpha value is -1.03. The van der Waals surface area contributed by atoms with Gasteiger partial charge in [0.2, 0.25) is 0 Å². The van der Waals surface area contributed by atoms with Crippen molar-refractivity contribution >= 4 is 16.6 Å². The zero-order chi connectivity index (χ0) is 12.1. The van der Waals surface area contributed by atoms with E-state index in [4.69, 9.17) is 0 Å². The van der Waals surface area contributed by atoms with E-state index in [0.717, 1.165) is 6.42 Å². The summed E-state index contributed by atoms with van der Waals surface area (Å²) in [7, 11) is -1.14.